The molecule has 124 valence electrons. The van der Waals surface area contributed by atoms with Crippen molar-refractivity contribution in [2.75, 3.05) is 5.32 Å². The van der Waals surface area contributed by atoms with Crippen LogP contribution in [0.4, 0.5) is 5.69 Å². The molecule has 1 aromatic carbocycles. The Morgan fingerprint density at radius 2 is 1.83 bits per heavy atom. The lowest BCUT2D eigenvalue weighted by molar-refractivity contribution is -0.145. The summed E-state index contributed by atoms with van der Waals surface area (Å²) in [6.07, 6.45) is 3.00. The van der Waals surface area contributed by atoms with Gasteiger partial charge in [0.2, 0.25) is 5.91 Å². The number of hydrogen-bond donors (Lipinski definition) is 3. The SMILES string of the molecule is CC(=O)Nc1ccc(C(=O)NC2(C)CCCCC2C(=O)O)cc1. The van der Waals surface area contributed by atoms with E-state index < -0.39 is 17.4 Å². The van der Waals surface area contributed by atoms with Crippen LogP contribution in [-0.4, -0.2) is 28.4 Å². The van der Waals surface area contributed by atoms with Gasteiger partial charge in [0.1, 0.15) is 0 Å². The molecule has 1 fully saturated rings. The molecule has 23 heavy (non-hydrogen) atoms. The zero-order chi connectivity index (χ0) is 17.0. The van der Waals surface area contributed by atoms with Gasteiger partial charge in [0.05, 0.1) is 11.5 Å². The number of carbonyl (C=O) groups excluding carboxylic acids is 2. The van der Waals surface area contributed by atoms with Gasteiger partial charge in [0, 0.05) is 18.2 Å². The Balaban J connectivity index is 2.10. The van der Waals surface area contributed by atoms with Crippen molar-refractivity contribution in [2.24, 2.45) is 5.92 Å². The van der Waals surface area contributed by atoms with Crippen molar-refractivity contribution in [3.63, 3.8) is 0 Å². The highest BCUT2D eigenvalue weighted by Crippen LogP contribution is 2.34. The predicted molar refractivity (Wildman–Crippen MR) is 86.2 cm³/mol. The van der Waals surface area contributed by atoms with Gasteiger partial charge in [-0.2, -0.15) is 0 Å². The third-order valence-electron chi connectivity index (χ3n) is 4.37. The second-order valence-corrected chi connectivity index (χ2v) is 6.27. The fourth-order valence-corrected chi connectivity index (χ4v) is 3.12. The Labute approximate surface area is 135 Å². The van der Waals surface area contributed by atoms with E-state index in [9.17, 15) is 19.5 Å². The number of nitrogens with one attached hydrogen (secondary N) is 2. The fourth-order valence-electron chi connectivity index (χ4n) is 3.12. The summed E-state index contributed by atoms with van der Waals surface area (Å²) in [6, 6.07) is 6.52. The standard InChI is InChI=1S/C17H22N2O4/c1-11(20)18-13-8-6-12(7-9-13)15(21)19-17(2)10-4-3-5-14(17)16(22)23/h6-9,14H,3-5,10H2,1-2H3,(H,18,20)(H,19,21)(H,22,23). The van der Waals surface area contributed by atoms with E-state index in [0.717, 1.165) is 12.8 Å². The highest BCUT2D eigenvalue weighted by Gasteiger charge is 2.42. The van der Waals surface area contributed by atoms with Gasteiger partial charge in [-0.3, -0.25) is 14.4 Å². The number of carboxylic acids is 1. The van der Waals surface area contributed by atoms with E-state index in [4.69, 9.17) is 0 Å². The van der Waals surface area contributed by atoms with E-state index in [2.05, 4.69) is 10.6 Å². The molecule has 0 spiro atoms. The van der Waals surface area contributed by atoms with E-state index in [1.807, 2.05) is 0 Å². The lowest BCUT2D eigenvalue weighted by atomic mass is 9.73. The minimum atomic E-state index is -0.867. The first-order chi connectivity index (χ1) is 10.8. The largest absolute Gasteiger partial charge is 0.481 e. The quantitative estimate of drug-likeness (QED) is 0.794. The number of carboxylic acid groups (broad SMARTS) is 1. The molecule has 1 saturated carbocycles. The van der Waals surface area contributed by atoms with Gasteiger partial charge < -0.3 is 15.7 Å². The van der Waals surface area contributed by atoms with E-state index in [-0.39, 0.29) is 11.8 Å². The number of carbonyl (C=O) groups is 3. The number of aliphatic carboxylic acids is 1. The molecule has 6 heteroatoms. The maximum Gasteiger partial charge on any atom is 0.308 e. The van der Waals surface area contributed by atoms with Gasteiger partial charge in [-0.1, -0.05) is 12.8 Å². The summed E-state index contributed by atoms with van der Waals surface area (Å²) in [5.41, 5.74) is 0.314. The average Bonchev–Trinajstić information content (AvgIpc) is 2.47. The number of hydrogen-bond acceptors (Lipinski definition) is 3. The Kier molecular flexibility index (Phi) is 5.03. The van der Waals surface area contributed by atoms with Crippen LogP contribution in [0, 0.1) is 5.92 Å². The number of anilines is 1. The van der Waals surface area contributed by atoms with E-state index in [1.165, 1.54) is 6.92 Å². The van der Waals surface area contributed by atoms with Crippen molar-refractivity contribution >= 4 is 23.5 Å². The van der Waals surface area contributed by atoms with E-state index >= 15 is 0 Å². The van der Waals surface area contributed by atoms with Crippen LogP contribution in [0.3, 0.4) is 0 Å². The van der Waals surface area contributed by atoms with Crippen LogP contribution < -0.4 is 10.6 Å². The second-order valence-electron chi connectivity index (χ2n) is 6.27. The molecule has 0 aromatic heterocycles. The van der Waals surface area contributed by atoms with Crippen LogP contribution in [0.15, 0.2) is 24.3 Å². The van der Waals surface area contributed by atoms with Crippen molar-refractivity contribution in [1.82, 2.24) is 5.32 Å². The molecule has 0 heterocycles. The molecular weight excluding hydrogens is 296 g/mol. The zero-order valence-corrected chi connectivity index (χ0v) is 13.4. The summed E-state index contributed by atoms with van der Waals surface area (Å²) in [5, 5.41) is 14.9. The van der Waals surface area contributed by atoms with Crippen molar-refractivity contribution in [1.29, 1.82) is 0 Å². The van der Waals surface area contributed by atoms with Crippen molar-refractivity contribution in [2.45, 2.75) is 45.1 Å². The molecule has 2 amide bonds. The van der Waals surface area contributed by atoms with Crippen LogP contribution in [0.2, 0.25) is 0 Å². The summed E-state index contributed by atoms with van der Waals surface area (Å²) in [5.74, 6) is -1.91. The monoisotopic (exact) mass is 318 g/mol. The molecule has 1 aliphatic carbocycles. The summed E-state index contributed by atoms with van der Waals surface area (Å²) in [6.45, 7) is 3.21. The van der Waals surface area contributed by atoms with Gasteiger partial charge >= 0.3 is 5.97 Å². The van der Waals surface area contributed by atoms with Crippen LogP contribution in [0.25, 0.3) is 0 Å². The number of rotatable bonds is 4. The number of amides is 2. The topological polar surface area (TPSA) is 95.5 Å². The highest BCUT2D eigenvalue weighted by atomic mass is 16.4. The van der Waals surface area contributed by atoms with Gasteiger partial charge in [-0.05, 0) is 44.0 Å². The molecule has 1 aromatic rings. The van der Waals surface area contributed by atoms with Crippen LogP contribution in [0.1, 0.15) is 49.9 Å². The van der Waals surface area contributed by atoms with E-state index in [1.54, 1.807) is 31.2 Å². The first-order valence-corrected chi connectivity index (χ1v) is 7.75. The fraction of sp³-hybridized carbons (Fsp3) is 0.471. The predicted octanol–water partition coefficient (Wildman–Crippen LogP) is 2.41. The molecule has 1 aliphatic rings. The average molecular weight is 318 g/mol. The van der Waals surface area contributed by atoms with Gasteiger partial charge in [-0.15, -0.1) is 0 Å². The maximum atomic E-state index is 12.4. The Morgan fingerprint density at radius 1 is 1.17 bits per heavy atom. The van der Waals surface area contributed by atoms with Crippen LogP contribution >= 0.6 is 0 Å². The Bertz CT molecular complexity index is 612. The third kappa shape index (κ3) is 4.09. The lowest BCUT2D eigenvalue weighted by Crippen LogP contribution is -2.55. The second kappa shape index (κ2) is 6.81. The summed E-state index contributed by atoms with van der Waals surface area (Å²) in [7, 11) is 0. The molecule has 0 bridgehead atoms. The molecule has 0 radical (unpaired) electrons. The van der Waals surface area contributed by atoms with Crippen molar-refractivity contribution in [3.05, 3.63) is 29.8 Å². The first kappa shape index (κ1) is 17.0. The third-order valence-corrected chi connectivity index (χ3v) is 4.37. The molecule has 0 aliphatic heterocycles. The molecular formula is C17H22N2O4. The van der Waals surface area contributed by atoms with Crippen molar-refractivity contribution in [3.8, 4) is 0 Å². The molecule has 0 saturated heterocycles. The van der Waals surface area contributed by atoms with Crippen molar-refractivity contribution < 1.29 is 19.5 Å². The zero-order valence-electron chi connectivity index (χ0n) is 13.4. The van der Waals surface area contributed by atoms with Gasteiger partial charge in [-0.25, -0.2) is 0 Å². The van der Waals surface area contributed by atoms with Gasteiger partial charge in [0.25, 0.3) is 5.91 Å². The number of benzene rings is 1. The Morgan fingerprint density at radius 3 is 2.39 bits per heavy atom. The van der Waals surface area contributed by atoms with Crippen LogP contribution in [-0.2, 0) is 9.59 Å². The van der Waals surface area contributed by atoms with Crippen LogP contribution in [0.5, 0.6) is 0 Å². The normalized spacial score (nSPS) is 23.8. The Hall–Kier alpha value is -2.37. The smallest absolute Gasteiger partial charge is 0.308 e. The summed E-state index contributed by atoms with van der Waals surface area (Å²) in [4.78, 5) is 34.9. The lowest BCUT2D eigenvalue weighted by Gasteiger charge is -2.39. The van der Waals surface area contributed by atoms with Gasteiger partial charge in [0.15, 0.2) is 0 Å². The molecule has 2 unspecified atom stereocenters. The summed E-state index contributed by atoms with van der Waals surface area (Å²) < 4.78 is 0. The molecule has 2 rings (SSSR count). The minimum Gasteiger partial charge on any atom is -0.481 e. The first-order valence-electron chi connectivity index (χ1n) is 7.75. The molecule has 6 nitrogen and oxygen atoms in total. The minimum absolute atomic E-state index is 0.179. The maximum absolute atomic E-state index is 12.4. The molecule has 2 atom stereocenters. The van der Waals surface area contributed by atoms with E-state index in [0.29, 0.717) is 24.1 Å². The summed E-state index contributed by atoms with van der Waals surface area (Å²) >= 11 is 0. The molecule has 3 N–H and O–H groups in total. The highest BCUT2D eigenvalue weighted by molar-refractivity contribution is 5.96.